The number of hydrogen-bond donors (Lipinski definition) is 1. The molecule has 2 aromatic heterocycles. The zero-order valence-electron chi connectivity index (χ0n) is 8.83. The molecule has 2 aromatic rings. The summed E-state index contributed by atoms with van der Waals surface area (Å²) in [6, 6.07) is 1.82. The third-order valence-electron chi connectivity index (χ3n) is 2.26. The molecule has 80 valence electrons. The maximum Gasteiger partial charge on any atom is 0.102 e. The van der Waals surface area contributed by atoms with E-state index in [2.05, 4.69) is 10.2 Å². The van der Waals surface area contributed by atoms with Crippen molar-refractivity contribution in [1.29, 1.82) is 0 Å². The van der Waals surface area contributed by atoms with Gasteiger partial charge in [0.1, 0.15) is 6.10 Å². The predicted molar refractivity (Wildman–Crippen MR) is 55.1 cm³/mol. The SMILES string of the molecule is Cn1cc(CC(O)c2ccn(C)n2)cn1. The van der Waals surface area contributed by atoms with Gasteiger partial charge in [0.25, 0.3) is 0 Å². The summed E-state index contributed by atoms with van der Waals surface area (Å²) in [6.45, 7) is 0. The van der Waals surface area contributed by atoms with Gasteiger partial charge in [-0.15, -0.1) is 0 Å². The van der Waals surface area contributed by atoms with Gasteiger partial charge in [0, 0.05) is 32.9 Å². The first kappa shape index (κ1) is 9.92. The van der Waals surface area contributed by atoms with Crippen LogP contribution in [0.2, 0.25) is 0 Å². The summed E-state index contributed by atoms with van der Waals surface area (Å²) in [7, 11) is 3.69. The van der Waals surface area contributed by atoms with Gasteiger partial charge >= 0.3 is 0 Å². The third kappa shape index (κ3) is 2.24. The molecule has 0 saturated carbocycles. The number of aliphatic hydroxyl groups excluding tert-OH is 1. The molecule has 0 radical (unpaired) electrons. The molecule has 0 aromatic carbocycles. The Labute approximate surface area is 88.0 Å². The van der Waals surface area contributed by atoms with Crippen molar-refractivity contribution in [2.45, 2.75) is 12.5 Å². The molecule has 0 aliphatic rings. The molecule has 0 bridgehead atoms. The summed E-state index contributed by atoms with van der Waals surface area (Å²) in [4.78, 5) is 0. The number of aromatic nitrogens is 4. The quantitative estimate of drug-likeness (QED) is 0.792. The van der Waals surface area contributed by atoms with Crippen molar-refractivity contribution in [2.24, 2.45) is 14.1 Å². The largest absolute Gasteiger partial charge is 0.386 e. The third-order valence-corrected chi connectivity index (χ3v) is 2.26. The van der Waals surface area contributed by atoms with Crippen LogP contribution in [0.3, 0.4) is 0 Å². The lowest BCUT2D eigenvalue weighted by Gasteiger charge is -2.04. The van der Waals surface area contributed by atoms with Gasteiger partial charge in [0.05, 0.1) is 11.9 Å². The van der Waals surface area contributed by atoms with E-state index in [1.54, 1.807) is 15.6 Å². The molecular formula is C10H14N4O. The van der Waals surface area contributed by atoms with Crippen molar-refractivity contribution < 1.29 is 5.11 Å². The van der Waals surface area contributed by atoms with Crippen LogP contribution in [-0.4, -0.2) is 24.7 Å². The van der Waals surface area contributed by atoms with Gasteiger partial charge in [-0.05, 0) is 11.6 Å². The first-order chi connectivity index (χ1) is 7.15. The average Bonchev–Trinajstić information content (AvgIpc) is 2.75. The van der Waals surface area contributed by atoms with Crippen LogP contribution < -0.4 is 0 Å². The average molecular weight is 206 g/mol. The summed E-state index contributed by atoms with van der Waals surface area (Å²) in [6.07, 6.45) is 5.46. The van der Waals surface area contributed by atoms with Gasteiger partial charge in [-0.3, -0.25) is 9.36 Å². The monoisotopic (exact) mass is 206 g/mol. The Morgan fingerprint density at radius 1 is 1.40 bits per heavy atom. The van der Waals surface area contributed by atoms with E-state index in [1.807, 2.05) is 32.6 Å². The highest BCUT2D eigenvalue weighted by Crippen LogP contribution is 2.15. The molecular weight excluding hydrogens is 192 g/mol. The molecule has 0 amide bonds. The normalized spacial score (nSPS) is 13.0. The van der Waals surface area contributed by atoms with E-state index in [0.29, 0.717) is 12.1 Å². The number of nitrogens with zero attached hydrogens (tertiary/aromatic N) is 4. The first-order valence-electron chi connectivity index (χ1n) is 4.80. The van der Waals surface area contributed by atoms with E-state index in [0.717, 1.165) is 5.56 Å². The molecule has 15 heavy (non-hydrogen) atoms. The van der Waals surface area contributed by atoms with Gasteiger partial charge in [-0.2, -0.15) is 10.2 Å². The lowest BCUT2D eigenvalue weighted by molar-refractivity contribution is 0.172. The number of aliphatic hydroxyl groups is 1. The minimum Gasteiger partial charge on any atom is -0.386 e. The van der Waals surface area contributed by atoms with E-state index in [-0.39, 0.29) is 0 Å². The molecule has 2 rings (SSSR count). The highest BCUT2D eigenvalue weighted by atomic mass is 16.3. The molecule has 0 saturated heterocycles. The number of rotatable bonds is 3. The summed E-state index contributed by atoms with van der Waals surface area (Å²) < 4.78 is 3.41. The second-order valence-electron chi connectivity index (χ2n) is 3.66. The van der Waals surface area contributed by atoms with Crippen LogP contribution in [0.1, 0.15) is 17.4 Å². The zero-order chi connectivity index (χ0) is 10.8. The molecule has 1 atom stereocenters. The Balaban J connectivity index is 2.06. The van der Waals surface area contributed by atoms with Crippen molar-refractivity contribution in [3.05, 3.63) is 35.9 Å². The van der Waals surface area contributed by atoms with Crippen LogP contribution in [0.25, 0.3) is 0 Å². The Morgan fingerprint density at radius 3 is 2.73 bits per heavy atom. The van der Waals surface area contributed by atoms with Gasteiger partial charge in [-0.25, -0.2) is 0 Å². The second kappa shape index (κ2) is 3.86. The molecule has 5 nitrogen and oxygen atoms in total. The standard InChI is InChI=1S/C10H14N4O/c1-13-4-3-9(12-13)10(15)5-8-6-11-14(2)7-8/h3-4,6-7,10,15H,5H2,1-2H3. The zero-order valence-corrected chi connectivity index (χ0v) is 8.83. The first-order valence-corrected chi connectivity index (χ1v) is 4.80. The van der Waals surface area contributed by atoms with Gasteiger partial charge in [0.15, 0.2) is 0 Å². The van der Waals surface area contributed by atoms with Crippen LogP contribution >= 0.6 is 0 Å². The fourth-order valence-corrected chi connectivity index (χ4v) is 1.52. The van der Waals surface area contributed by atoms with Gasteiger partial charge in [0.2, 0.25) is 0 Å². The second-order valence-corrected chi connectivity index (χ2v) is 3.66. The van der Waals surface area contributed by atoms with Crippen molar-refractivity contribution in [1.82, 2.24) is 19.6 Å². The lowest BCUT2D eigenvalue weighted by Crippen LogP contribution is -2.03. The summed E-state index contributed by atoms with van der Waals surface area (Å²) in [5, 5.41) is 18.1. The van der Waals surface area contributed by atoms with Crippen LogP contribution in [0.4, 0.5) is 0 Å². The van der Waals surface area contributed by atoms with Crippen molar-refractivity contribution >= 4 is 0 Å². The molecule has 1 N–H and O–H groups in total. The maximum atomic E-state index is 9.88. The minimum absolute atomic E-state index is 0.546. The van der Waals surface area contributed by atoms with E-state index < -0.39 is 6.10 Å². The van der Waals surface area contributed by atoms with Gasteiger partial charge in [-0.1, -0.05) is 0 Å². The maximum absolute atomic E-state index is 9.88. The Morgan fingerprint density at radius 2 is 2.20 bits per heavy atom. The summed E-state index contributed by atoms with van der Waals surface area (Å²) in [5.41, 5.74) is 1.71. The van der Waals surface area contributed by atoms with Crippen LogP contribution in [0, 0.1) is 0 Å². The highest BCUT2D eigenvalue weighted by molar-refractivity contribution is 5.11. The van der Waals surface area contributed by atoms with Crippen LogP contribution in [0.5, 0.6) is 0 Å². The fraction of sp³-hybridized carbons (Fsp3) is 0.400. The number of hydrogen-bond acceptors (Lipinski definition) is 3. The van der Waals surface area contributed by atoms with Crippen LogP contribution in [-0.2, 0) is 20.5 Å². The topological polar surface area (TPSA) is 55.9 Å². The summed E-state index contributed by atoms with van der Waals surface area (Å²) >= 11 is 0. The molecule has 5 heteroatoms. The summed E-state index contributed by atoms with van der Waals surface area (Å²) in [5.74, 6) is 0. The molecule has 1 unspecified atom stereocenters. The molecule has 0 fully saturated rings. The van der Waals surface area contributed by atoms with Crippen molar-refractivity contribution in [2.75, 3.05) is 0 Å². The minimum atomic E-state index is -0.560. The van der Waals surface area contributed by atoms with Crippen molar-refractivity contribution in [3.63, 3.8) is 0 Å². The molecule has 2 heterocycles. The lowest BCUT2D eigenvalue weighted by atomic mass is 10.1. The highest BCUT2D eigenvalue weighted by Gasteiger charge is 2.11. The number of aryl methyl sites for hydroxylation is 2. The Hall–Kier alpha value is -1.62. The van der Waals surface area contributed by atoms with Crippen molar-refractivity contribution in [3.8, 4) is 0 Å². The van der Waals surface area contributed by atoms with Crippen LogP contribution in [0.15, 0.2) is 24.7 Å². The predicted octanol–water partition coefficient (Wildman–Crippen LogP) is 0.430. The van der Waals surface area contributed by atoms with Gasteiger partial charge < -0.3 is 5.11 Å². The van der Waals surface area contributed by atoms with E-state index >= 15 is 0 Å². The fourth-order valence-electron chi connectivity index (χ4n) is 1.52. The molecule has 0 aliphatic heterocycles. The van der Waals surface area contributed by atoms with E-state index in [1.165, 1.54) is 0 Å². The Kier molecular flexibility index (Phi) is 2.55. The van der Waals surface area contributed by atoms with E-state index in [9.17, 15) is 5.11 Å². The Bertz CT molecular complexity index is 446. The van der Waals surface area contributed by atoms with E-state index in [4.69, 9.17) is 0 Å². The smallest absolute Gasteiger partial charge is 0.102 e. The molecule has 0 aliphatic carbocycles. The molecule has 0 spiro atoms.